The third-order valence-corrected chi connectivity index (χ3v) is 4.39. The molecule has 140 valence electrons. The molecular weight excluding hydrogens is 380 g/mol. The monoisotopic (exact) mass is 393 g/mol. The summed E-state index contributed by atoms with van der Waals surface area (Å²) in [6, 6.07) is 6.76. The van der Waals surface area contributed by atoms with Gasteiger partial charge in [-0.3, -0.25) is 14.2 Å². The SMILES string of the molecule is C[C@H](NC(=O)Cn1c(=O)[nH]c2c(Cl)cccc2c1=O)c1ccc(F)cc1F. The van der Waals surface area contributed by atoms with Gasteiger partial charge < -0.3 is 10.3 Å². The van der Waals surface area contributed by atoms with Crippen molar-refractivity contribution in [3.63, 3.8) is 0 Å². The second-order valence-corrected chi connectivity index (χ2v) is 6.35. The Kier molecular flexibility index (Phi) is 5.09. The predicted octanol–water partition coefficient (Wildman–Crippen LogP) is 2.50. The number of amides is 1. The molecule has 3 aromatic rings. The Morgan fingerprint density at radius 1 is 1.26 bits per heavy atom. The summed E-state index contributed by atoms with van der Waals surface area (Å²) in [6.45, 7) is 0.936. The van der Waals surface area contributed by atoms with Gasteiger partial charge in [0.2, 0.25) is 5.91 Å². The maximum atomic E-state index is 13.8. The molecule has 0 radical (unpaired) electrons. The molecule has 0 saturated heterocycles. The predicted molar refractivity (Wildman–Crippen MR) is 96.8 cm³/mol. The number of para-hydroxylation sites is 1. The van der Waals surface area contributed by atoms with Crippen LogP contribution in [0.15, 0.2) is 46.0 Å². The van der Waals surface area contributed by atoms with Gasteiger partial charge in [-0.2, -0.15) is 0 Å². The van der Waals surface area contributed by atoms with E-state index in [1.54, 1.807) is 6.07 Å². The Labute approximate surface area is 156 Å². The highest BCUT2D eigenvalue weighted by Gasteiger charge is 2.17. The van der Waals surface area contributed by atoms with Crippen molar-refractivity contribution in [2.75, 3.05) is 0 Å². The number of rotatable bonds is 4. The second-order valence-electron chi connectivity index (χ2n) is 5.94. The summed E-state index contributed by atoms with van der Waals surface area (Å²) in [4.78, 5) is 39.3. The van der Waals surface area contributed by atoms with Crippen LogP contribution in [0.3, 0.4) is 0 Å². The molecule has 1 aromatic heterocycles. The third kappa shape index (κ3) is 3.75. The van der Waals surface area contributed by atoms with Crippen LogP contribution in [-0.4, -0.2) is 15.5 Å². The summed E-state index contributed by atoms with van der Waals surface area (Å²) in [5.41, 5.74) is -1.20. The first kappa shape index (κ1) is 18.8. The minimum atomic E-state index is -0.807. The fourth-order valence-corrected chi connectivity index (χ4v) is 2.97. The zero-order chi connectivity index (χ0) is 19.7. The van der Waals surface area contributed by atoms with Crippen LogP contribution in [0.2, 0.25) is 5.02 Å². The number of halogens is 3. The topological polar surface area (TPSA) is 84.0 Å². The number of H-pyrrole nitrogens is 1. The Bertz CT molecular complexity index is 1160. The summed E-state index contributed by atoms with van der Waals surface area (Å²) in [5, 5.41) is 2.85. The molecule has 1 amide bonds. The number of carbonyl (C=O) groups excluding carboxylic acids is 1. The summed E-state index contributed by atoms with van der Waals surface area (Å²) in [5.74, 6) is -2.22. The van der Waals surface area contributed by atoms with Gasteiger partial charge in [-0.15, -0.1) is 0 Å². The van der Waals surface area contributed by atoms with E-state index in [-0.39, 0.29) is 21.5 Å². The molecule has 6 nitrogen and oxygen atoms in total. The zero-order valence-corrected chi connectivity index (χ0v) is 14.8. The van der Waals surface area contributed by atoms with Gasteiger partial charge in [0.1, 0.15) is 18.2 Å². The van der Waals surface area contributed by atoms with Crippen LogP contribution in [0.5, 0.6) is 0 Å². The van der Waals surface area contributed by atoms with Gasteiger partial charge in [0.05, 0.1) is 22.0 Å². The average Bonchev–Trinajstić information content (AvgIpc) is 2.59. The Balaban J connectivity index is 1.86. The maximum absolute atomic E-state index is 13.8. The average molecular weight is 394 g/mol. The van der Waals surface area contributed by atoms with E-state index in [0.29, 0.717) is 6.07 Å². The lowest BCUT2D eigenvalue weighted by atomic mass is 10.1. The molecule has 2 aromatic carbocycles. The van der Waals surface area contributed by atoms with E-state index in [0.717, 1.165) is 10.6 Å². The molecule has 0 aliphatic heterocycles. The van der Waals surface area contributed by atoms with E-state index in [2.05, 4.69) is 10.3 Å². The molecule has 0 saturated carbocycles. The molecule has 0 aliphatic carbocycles. The van der Waals surface area contributed by atoms with Gasteiger partial charge in [0.15, 0.2) is 0 Å². The summed E-state index contributed by atoms with van der Waals surface area (Å²) < 4.78 is 27.5. The lowest BCUT2D eigenvalue weighted by molar-refractivity contribution is -0.122. The molecular formula is C18H14ClF2N3O3. The lowest BCUT2D eigenvalue weighted by Crippen LogP contribution is -2.41. The normalized spacial score (nSPS) is 12.1. The zero-order valence-electron chi connectivity index (χ0n) is 14.1. The van der Waals surface area contributed by atoms with Crippen LogP contribution in [0, 0.1) is 11.6 Å². The smallest absolute Gasteiger partial charge is 0.329 e. The third-order valence-electron chi connectivity index (χ3n) is 4.07. The van der Waals surface area contributed by atoms with E-state index >= 15 is 0 Å². The summed E-state index contributed by atoms with van der Waals surface area (Å²) in [7, 11) is 0. The number of nitrogens with one attached hydrogen (secondary N) is 2. The fourth-order valence-electron chi connectivity index (χ4n) is 2.75. The Morgan fingerprint density at radius 3 is 2.70 bits per heavy atom. The molecule has 0 fully saturated rings. The number of carbonyl (C=O) groups is 1. The highest BCUT2D eigenvalue weighted by Crippen LogP contribution is 2.18. The molecule has 0 aliphatic rings. The molecule has 3 rings (SSSR count). The minimum Gasteiger partial charge on any atom is -0.348 e. The standard InChI is InChI=1S/C18H14ClF2N3O3/c1-9(11-6-5-10(20)7-14(11)21)22-15(25)8-24-17(26)12-3-2-4-13(19)16(12)23-18(24)27/h2-7,9H,8H2,1H3,(H,22,25)(H,23,27)/t9-/m0/s1. The molecule has 0 spiro atoms. The Morgan fingerprint density at radius 2 is 2.00 bits per heavy atom. The molecule has 0 unspecified atom stereocenters. The van der Waals surface area contributed by atoms with Crippen molar-refractivity contribution in [2.45, 2.75) is 19.5 Å². The van der Waals surface area contributed by atoms with Crippen molar-refractivity contribution < 1.29 is 13.6 Å². The van der Waals surface area contributed by atoms with Crippen LogP contribution in [-0.2, 0) is 11.3 Å². The van der Waals surface area contributed by atoms with Crippen molar-refractivity contribution >= 4 is 28.4 Å². The molecule has 27 heavy (non-hydrogen) atoms. The lowest BCUT2D eigenvalue weighted by Gasteiger charge is -2.15. The molecule has 2 N–H and O–H groups in total. The Hall–Kier alpha value is -3.00. The van der Waals surface area contributed by atoms with Crippen molar-refractivity contribution in [3.05, 3.63) is 79.5 Å². The van der Waals surface area contributed by atoms with Crippen LogP contribution in [0.25, 0.3) is 10.9 Å². The number of hydrogen-bond acceptors (Lipinski definition) is 3. The van der Waals surface area contributed by atoms with Crippen LogP contribution >= 0.6 is 11.6 Å². The largest absolute Gasteiger partial charge is 0.348 e. The number of nitrogens with zero attached hydrogens (tertiary/aromatic N) is 1. The van der Waals surface area contributed by atoms with Crippen LogP contribution in [0.1, 0.15) is 18.5 Å². The van der Waals surface area contributed by atoms with Gasteiger partial charge in [-0.1, -0.05) is 23.7 Å². The highest BCUT2D eigenvalue weighted by atomic mass is 35.5. The minimum absolute atomic E-state index is 0.0799. The number of aromatic nitrogens is 2. The van der Waals surface area contributed by atoms with E-state index < -0.39 is 41.4 Å². The summed E-state index contributed by atoms with van der Waals surface area (Å²) >= 11 is 5.96. The maximum Gasteiger partial charge on any atom is 0.329 e. The van der Waals surface area contributed by atoms with E-state index in [9.17, 15) is 23.2 Å². The van der Waals surface area contributed by atoms with Gasteiger partial charge in [-0.05, 0) is 25.1 Å². The summed E-state index contributed by atoms with van der Waals surface area (Å²) in [6.07, 6.45) is 0. The fraction of sp³-hybridized carbons (Fsp3) is 0.167. The second kappa shape index (κ2) is 7.32. The molecule has 1 heterocycles. The van der Waals surface area contributed by atoms with Crippen molar-refractivity contribution in [1.82, 2.24) is 14.9 Å². The van der Waals surface area contributed by atoms with E-state index in [1.165, 1.54) is 25.1 Å². The van der Waals surface area contributed by atoms with Crippen molar-refractivity contribution in [2.24, 2.45) is 0 Å². The molecule has 1 atom stereocenters. The quantitative estimate of drug-likeness (QED) is 0.714. The van der Waals surface area contributed by atoms with E-state index in [1.807, 2.05) is 0 Å². The highest BCUT2D eigenvalue weighted by molar-refractivity contribution is 6.34. The van der Waals surface area contributed by atoms with Crippen LogP contribution in [0.4, 0.5) is 8.78 Å². The first-order valence-electron chi connectivity index (χ1n) is 7.93. The van der Waals surface area contributed by atoms with E-state index in [4.69, 9.17) is 11.6 Å². The first-order chi connectivity index (χ1) is 12.8. The van der Waals surface area contributed by atoms with Gasteiger partial charge in [0.25, 0.3) is 5.56 Å². The number of hydrogen-bond donors (Lipinski definition) is 2. The van der Waals surface area contributed by atoms with Gasteiger partial charge in [0, 0.05) is 11.6 Å². The number of benzene rings is 2. The van der Waals surface area contributed by atoms with Crippen molar-refractivity contribution in [3.8, 4) is 0 Å². The van der Waals surface area contributed by atoms with Gasteiger partial charge in [-0.25, -0.2) is 13.6 Å². The van der Waals surface area contributed by atoms with Crippen LogP contribution < -0.4 is 16.6 Å². The number of aromatic amines is 1. The molecule has 0 bridgehead atoms. The van der Waals surface area contributed by atoms with Crippen molar-refractivity contribution in [1.29, 1.82) is 0 Å². The molecule has 9 heteroatoms. The van der Waals surface area contributed by atoms with Gasteiger partial charge >= 0.3 is 5.69 Å². The first-order valence-corrected chi connectivity index (χ1v) is 8.31. The number of fused-ring (bicyclic) bond motifs is 1.